The standard InChI is InChI=1S/C37H62O3S.Na/c1-3-5-7-9-11-12-13-14-15-16-17-18-19-21-23-25-27-34-31-35-30-33(26-24-22-20-10-8-6-4-2)28-29-36(35)37(32-34)41(38,39)40;/h28-32H,3-27H2,1-2H3,(H,38,39,40);/q;+1/p-1. The van der Waals surface area contributed by atoms with Crippen LogP contribution in [0.2, 0.25) is 0 Å². The number of aryl methyl sites for hydroxylation is 2. The first-order chi connectivity index (χ1) is 20.0. The van der Waals surface area contributed by atoms with Gasteiger partial charge in [0.2, 0.25) is 0 Å². The molecule has 0 amide bonds. The second-order valence-electron chi connectivity index (χ2n) is 12.5. The van der Waals surface area contributed by atoms with E-state index in [1.165, 1.54) is 134 Å². The molecule has 0 aliphatic heterocycles. The van der Waals surface area contributed by atoms with E-state index in [1.54, 1.807) is 6.07 Å². The number of unbranched alkanes of at least 4 members (excludes halogenated alkanes) is 21. The molecule has 0 saturated heterocycles. The van der Waals surface area contributed by atoms with Crippen molar-refractivity contribution in [2.45, 2.75) is 179 Å². The van der Waals surface area contributed by atoms with Gasteiger partial charge in [0.1, 0.15) is 10.1 Å². The van der Waals surface area contributed by atoms with Crippen molar-refractivity contribution in [3.8, 4) is 0 Å². The van der Waals surface area contributed by atoms with Crippen LogP contribution in [-0.4, -0.2) is 13.0 Å². The Bertz CT molecular complexity index is 1050. The maximum atomic E-state index is 12.1. The van der Waals surface area contributed by atoms with Gasteiger partial charge in [0.15, 0.2) is 0 Å². The summed E-state index contributed by atoms with van der Waals surface area (Å²) in [6.07, 6.45) is 32.2. The molecule has 234 valence electrons. The van der Waals surface area contributed by atoms with E-state index in [-0.39, 0.29) is 34.5 Å². The summed E-state index contributed by atoms with van der Waals surface area (Å²) in [5, 5.41) is 1.47. The molecule has 0 N–H and O–H groups in total. The number of rotatable bonds is 26. The fourth-order valence-electron chi connectivity index (χ4n) is 6.11. The molecule has 5 heteroatoms. The zero-order valence-corrected chi connectivity index (χ0v) is 30.5. The Kier molecular flexibility index (Phi) is 23.5. The first-order valence-corrected chi connectivity index (χ1v) is 18.9. The van der Waals surface area contributed by atoms with Crippen molar-refractivity contribution in [3.63, 3.8) is 0 Å². The quantitative estimate of drug-likeness (QED) is 0.0609. The topological polar surface area (TPSA) is 57.2 Å². The summed E-state index contributed by atoms with van der Waals surface area (Å²) in [6.45, 7) is 4.52. The van der Waals surface area contributed by atoms with Gasteiger partial charge in [-0.25, -0.2) is 8.42 Å². The second-order valence-corrected chi connectivity index (χ2v) is 13.9. The van der Waals surface area contributed by atoms with Crippen LogP contribution in [0.1, 0.15) is 173 Å². The molecular weight excluding hydrogens is 547 g/mol. The fourth-order valence-corrected chi connectivity index (χ4v) is 6.86. The molecule has 0 aliphatic carbocycles. The van der Waals surface area contributed by atoms with Gasteiger partial charge in [-0.1, -0.05) is 173 Å². The van der Waals surface area contributed by atoms with Crippen LogP contribution in [0.5, 0.6) is 0 Å². The number of benzene rings is 2. The van der Waals surface area contributed by atoms with E-state index < -0.39 is 10.1 Å². The molecule has 2 aromatic rings. The molecule has 42 heavy (non-hydrogen) atoms. The summed E-state index contributed by atoms with van der Waals surface area (Å²) < 4.78 is 36.2. The predicted octanol–water partition coefficient (Wildman–Crippen LogP) is 8.85. The molecule has 0 radical (unpaired) electrons. The van der Waals surface area contributed by atoms with E-state index in [4.69, 9.17) is 0 Å². The Morgan fingerprint density at radius 3 is 1.26 bits per heavy atom. The average Bonchev–Trinajstić information content (AvgIpc) is 2.95. The fraction of sp³-hybridized carbons (Fsp3) is 0.730. The first-order valence-electron chi connectivity index (χ1n) is 17.5. The second kappa shape index (κ2) is 24.9. The van der Waals surface area contributed by atoms with E-state index >= 15 is 0 Å². The number of fused-ring (bicyclic) bond motifs is 1. The van der Waals surface area contributed by atoms with Gasteiger partial charge in [0.05, 0.1) is 4.90 Å². The van der Waals surface area contributed by atoms with Crippen LogP contribution < -0.4 is 29.6 Å². The van der Waals surface area contributed by atoms with E-state index in [9.17, 15) is 13.0 Å². The molecule has 0 fully saturated rings. The van der Waals surface area contributed by atoms with Gasteiger partial charge in [-0.05, 0) is 53.6 Å². The summed E-state index contributed by atoms with van der Waals surface area (Å²) in [6, 6.07) is 9.70. The van der Waals surface area contributed by atoms with Crippen LogP contribution in [-0.2, 0) is 23.0 Å². The molecule has 0 bridgehead atoms. The SMILES string of the molecule is CCCCCCCCCCCCCCCCCCc1cc(S(=O)(=O)[O-])c2ccc(CCCCCCCCC)cc2c1.[Na+]. The molecular formula is C37H61NaO3S. The summed E-state index contributed by atoms with van der Waals surface area (Å²) in [7, 11) is -4.51. The predicted molar refractivity (Wildman–Crippen MR) is 177 cm³/mol. The van der Waals surface area contributed by atoms with Gasteiger partial charge in [-0.15, -0.1) is 0 Å². The minimum absolute atomic E-state index is 0. The van der Waals surface area contributed by atoms with E-state index in [0.29, 0.717) is 5.39 Å². The van der Waals surface area contributed by atoms with Crippen molar-refractivity contribution in [1.82, 2.24) is 0 Å². The number of hydrogen-bond acceptors (Lipinski definition) is 3. The third-order valence-electron chi connectivity index (χ3n) is 8.70. The molecule has 0 atom stereocenters. The largest absolute Gasteiger partial charge is 1.00 e. The van der Waals surface area contributed by atoms with Crippen LogP contribution in [0.3, 0.4) is 0 Å². The van der Waals surface area contributed by atoms with Gasteiger partial charge < -0.3 is 4.55 Å². The molecule has 0 spiro atoms. The van der Waals surface area contributed by atoms with E-state index in [1.807, 2.05) is 12.1 Å². The number of hydrogen-bond donors (Lipinski definition) is 0. The van der Waals surface area contributed by atoms with Crippen LogP contribution in [0.15, 0.2) is 35.2 Å². The van der Waals surface area contributed by atoms with E-state index in [0.717, 1.165) is 43.1 Å². The van der Waals surface area contributed by atoms with Gasteiger partial charge in [0, 0.05) is 0 Å². The van der Waals surface area contributed by atoms with Crippen molar-refractivity contribution < 1.29 is 42.5 Å². The van der Waals surface area contributed by atoms with Crippen molar-refractivity contribution in [2.75, 3.05) is 0 Å². The van der Waals surface area contributed by atoms with Crippen molar-refractivity contribution in [3.05, 3.63) is 41.5 Å². The molecule has 2 aromatic carbocycles. The monoisotopic (exact) mass is 608 g/mol. The van der Waals surface area contributed by atoms with Crippen LogP contribution in [0.25, 0.3) is 10.8 Å². The molecule has 3 nitrogen and oxygen atoms in total. The van der Waals surface area contributed by atoms with Crippen molar-refractivity contribution >= 4 is 20.9 Å². The Labute approximate surface area is 282 Å². The maximum absolute atomic E-state index is 12.1. The first kappa shape index (κ1) is 39.6. The molecule has 0 aliphatic rings. The third-order valence-corrected chi connectivity index (χ3v) is 9.57. The summed E-state index contributed by atoms with van der Waals surface area (Å²) in [4.78, 5) is -0.0519. The van der Waals surface area contributed by atoms with Crippen molar-refractivity contribution in [1.29, 1.82) is 0 Å². The molecule has 0 aromatic heterocycles. The Balaban J connectivity index is 0.00000882. The summed E-state index contributed by atoms with van der Waals surface area (Å²) >= 11 is 0. The Morgan fingerprint density at radius 2 is 0.857 bits per heavy atom. The zero-order chi connectivity index (χ0) is 29.6. The van der Waals surface area contributed by atoms with Gasteiger partial charge >= 0.3 is 29.6 Å². The maximum Gasteiger partial charge on any atom is 1.00 e. The molecule has 0 saturated carbocycles. The smallest absolute Gasteiger partial charge is 0.744 e. The third kappa shape index (κ3) is 17.8. The summed E-state index contributed by atoms with van der Waals surface area (Å²) in [5.41, 5.74) is 2.21. The minimum Gasteiger partial charge on any atom is -0.744 e. The molecule has 2 rings (SSSR count). The normalized spacial score (nSPS) is 11.7. The summed E-state index contributed by atoms with van der Waals surface area (Å²) in [5.74, 6) is 0. The minimum atomic E-state index is -4.51. The van der Waals surface area contributed by atoms with Crippen LogP contribution in [0.4, 0.5) is 0 Å². The zero-order valence-electron chi connectivity index (χ0n) is 27.7. The van der Waals surface area contributed by atoms with Crippen molar-refractivity contribution in [2.24, 2.45) is 0 Å². The molecule has 0 heterocycles. The Hall–Kier alpha value is -0.390. The van der Waals surface area contributed by atoms with Gasteiger partial charge in [0.25, 0.3) is 0 Å². The molecule has 0 unspecified atom stereocenters. The van der Waals surface area contributed by atoms with Gasteiger partial charge in [-0.2, -0.15) is 0 Å². The van der Waals surface area contributed by atoms with Crippen LogP contribution >= 0.6 is 0 Å². The van der Waals surface area contributed by atoms with E-state index in [2.05, 4.69) is 26.0 Å². The average molecular weight is 609 g/mol. The Morgan fingerprint density at radius 1 is 0.500 bits per heavy atom. The van der Waals surface area contributed by atoms with Gasteiger partial charge in [-0.3, -0.25) is 0 Å². The van der Waals surface area contributed by atoms with Crippen LogP contribution in [0, 0.1) is 0 Å².